The van der Waals surface area contributed by atoms with Gasteiger partial charge in [-0.3, -0.25) is 4.79 Å². The Kier molecular flexibility index (Phi) is 6.39. The Morgan fingerprint density at radius 2 is 2.22 bits per heavy atom. The number of hydrogen-bond donors (Lipinski definition) is 1. The molecule has 2 fully saturated rings. The Morgan fingerprint density at radius 3 is 2.89 bits per heavy atom. The van der Waals surface area contributed by atoms with Crippen molar-refractivity contribution in [3.8, 4) is 0 Å². The van der Waals surface area contributed by atoms with E-state index in [4.69, 9.17) is 10.5 Å². The Balaban J connectivity index is 0.00000162. The maximum absolute atomic E-state index is 12.4. The third kappa shape index (κ3) is 3.84. The minimum Gasteiger partial charge on any atom is -0.375 e. The molecule has 5 heteroatoms. The second-order valence-electron chi connectivity index (χ2n) is 5.31. The van der Waals surface area contributed by atoms with Gasteiger partial charge in [0.05, 0.1) is 12.7 Å². The van der Waals surface area contributed by atoms with Gasteiger partial charge >= 0.3 is 0 Å². The Bertz CT molecular complexity index is 276. The first-order chi connectivity index (χ1) is 8.20. The Labute approximate surface area is 116 Å². The molecule has 1 heterocycles. The predicted octanol–water partition coefficient (Wildman–Crippen LogP) is 1.56. The molecule has 106 valence electrons. The van der Waals surface area contributed by atoms with Crippen molar-refractivity contribution in [1.29, 1.82) is 0 Å². The van der Waals surface area contributed by atoms with Crippen molar-refractivity contribution in [2.45, 2.75) is 51.2 Å². The van der Waals surface area contributed by atoms with E-state index in [1.807, 2.05) is 4.90 Å². The van der Waals surface area contributed by atoms with Crippen molar-refractivity contribution in [3.05, 3.63) is 0 Å². The van der Waals surface area contributed by atoms with Crippen LogP contribution in [0.4, 0.5) is 0 Å². The fraction of sp³-hybridized carbons (Fsp3) is 0.923. The van der Waals surface area contributed by atoms with Gasteiger partial charge in [0.25, 0.3) is 0 Å². The predicted molar refractivity (Wildman–Crippen MR) is 73.8 cm³/mol. The van der Waals surface area contributed by atoms with Crippen molar-refractivity contribution in [2.24, 2.45) is 11.7 Å². The first-order valence-corrected chi connectivity index (χ1v) is 6.86. The third-order valence-electron chi connectivity index (χ3n) is 3.97. The summed E-state index contributed by atoms with van der Waals surface area (Å²) in [5, 5.41) is 0. The SMILES string of the molecule is CCC1CN(C(=O)C2CCCC(N)C2)CCO1.Cl. The number of nitrogens with zero attached hydrogens (tertiary/aromatic N) is 1. The highest BCUT2D eigenvalue weighted by atomic mass is 35.5. The molecule has 18 heavy (non-hydrogen) atoms. The summed E-state index contributed by atoms with van der Waals surface area (Å²) in [6.07, 6.45) is 5.26. The fourth-order valence-electron chi connectivity index (χ4n) is 2.88. The van der Waals surface area contributed by atoms with Crippen LogP contribution in [0, 0.1) is 5.92 Å². The molecule has 0 bridgehead atoms. The van der Waals surface area contributed by atoms with Crippen molar-refractivity contribution in [2.75, 3.05) is 19.7 Å². The Morgan fingerprint density at radius 1 is 1.44 bits per heavy atom. The topological polar surface area (TPSA) is 55.6 Å². The average Bonchev–Trinajstić information content (AvgIpc) is 2.38. The van der Waals surface area contributed by atoms with E-state index >= 15 is 0 Å². The van der Waals surface area contributed by atoms with E-state index in [1.54, 1.807) is 0 Å². The Hall–Kier alpha value is -0.320. The number of halogens is 1. The number of ether oxygens (including phenoxy) is 1. The fourth-order valence-corrected chi connectivity index (χ4v) is 2.88. The molecule has 3 unspecified atom stereocenters. The molecule has 1 amide bonds. The minimum atomic E-state index is 0. The molecular weight excluding hydrogens is 252 g/mol. The maximum atomic E-state index is 12.4. The van der Waals surface area contributed by atoms with E-state index < -0.39 is 0 Å². The normalized spacial score (nSPS) is 32.8. The van der Waals surface area contributed by atoms with E-state index in [1.165, 1.54) is 0 Å². The van der Waals surface area contributed by atoms with Gasteiger partial charge in [-0.1, -0.05) is 13.3 Å². The van der Waals surface area contributed by atoms with Crippen molar-refractivity contribution < 1.29 is 9.53 Å². The zero-order chi connectivity index (χ0) is 12.3. The molecule has 2 N–H and O–H groups in total. The quantitative estimate of drug-likeness (QED) is 0.833. The maximum Gasteiger partial charge on any atom is 0.225 e. The molecule has 0 radical (unpaired) electrons. The summed E-state index contributed by atoms with van der Waals surface area (Å²) in [4.78, 5) is 14.4. The zero-order valence-electron chi connectivity index (χ0n) is 11.1. The highest BCUT2D eigenvalue weighted by Crippen LogP contribution is 2.25. The number of morpholine rings is 1. The van der Waals surface area contributed by atoms with Crippen LogP contribution in [0.25, 0.3) is 0 Å². The van der Waals surface area contributed by atoms with E-state index in [2.05, 4.69) is 6.92 Å². The number of carbonyl (C=O) groups excluding carboxylic acids is 1. The van der Waals surface area contributed by atoms with Crippen LogP contribution in [0.1, 0.15) is 39.0 Å². The average molecular weight is 277 g/mol. The summed E-state index contributed by atoms with van der Waals surface area (Å²) in [6, 6.07) is 0.223. The van der Waals surface area contributed by atoms with Crippen molar-refractivity contribution in [3.63, 3.8) is 0 Å². The lowest BCUT2D eigenvalue weighted by Gasteiger charge is -2.36. The summed E-state index contributed by atoms with van der Waals surface area (Å²) < 4.78 is 5.60. The summed E-state index contributed by atoms with van der Waals surface area (Å²) in [7, 11) is 0. The van der Waals surface area contributed by atoms with Crippen LogP contribution in [0.5, 0.6) is 0 Å². The molecule has 0 spiro atoms. The van der Waals surface area contributed by atoms with E-state index in [9.17, 15) is 4.79 Å². The number of nitrogens with two attached hydrogens (primary N) is 1. The van der Waals surface area contributed by atoms with Crippen LogP contribution in [-0.4, -0.2) is 42.6 Å². The standard InChI is InChI=1S/C13H24N2O2.ClH/c1-2-12-9-15(6-7-17-12)13(16)10-4-3-5-11(14)8-10;/h10-12H,2-9,14H2,1H3;1H. The van der Waals surface area contributed by atoms with Crippen LogP contribution in [-0.2, 0) is 9.53 Å². The molecule has 0 aromatic carbocycles. The zero-order valence-corrected chi connectivity index (χ0v) is 12.0. The minimum absolute atomic E-state index is 0. The smallest absolute Gasteiger partial charge is 0.225 e. The highest BCUT2D eigenvalue weighted by molar-refractivity contribution is 5.85. The largest absolute Gasteiger partial charge is 0.375 e. The number of carbonyl (C=O) groups is 1. The monoisotopic (exact) mass is 276 g/mol. The van der Waals surface area contributed by atoms with Crippen LogP contribution in [0.15, 0.2) is 0 Å². The summed E-state index contributed by atoms with van der Waals surface area (Å²) in [5.41, 5.74) is 5.95. The molecule has 1 aliphatic heterocycles. The van der Waals surface area contributed by atoms with Gasteiger partial charge in [0.2, 0.25) is 5.91 Å². The summed E-state index contributed by atoms with van der Waals surface area (Å²) >= 11 is 0. The lowest BCUT2D eigenvalue weighted by Crippen LogP contribution is -2.49. The molecule has 1 saturated carbocycles. The first-order valence-electron chi connectivity index (χ1n) is 6.86. The van der Waals surface area contributed by atoms with Gasteiger partial charge in [-0.2, -0.15) is 0 Å². The van der Waals surface area contributed by atoms with Gasteiger partial charge in [0.15, 0.2) is 0 Å². The van der Waals surface area contributed by atoms with Gasteiger partial charge in [0.1, 0.15) is 0 Å². The van der Waals surface area contributed by atoms with Gasteiger partial charge in [-0.15, -0.1) is 12.4 Å². The van der Waals surface area contributed by atoms with E-state index in [-0.39, 0.29) is 30.5 Å². The highest BCUT2D eigenvalue weighted by Gasteiger charge is 2.31. The third-order valence-corrected chi connectivity index (χ3v) is 3.97. The number of rotatable bonds is 2. The number of amides is 1. The van der Waals surface area contributed by atoms with Crippen LogP contribution in [0.3, 0.4) is 0 Å². The van der Waals surface area contributed by atoms with Gasteiger partial charge in [0, 0.05) is 25.0 Å². The molecule has 0 aromatic rings. The van der Waals surface area contributed by atoms with Crippen LogP contribution >= 0.6 is 12.4 Å². The van der Waals surface area contributed by atoms with Gasteiger partial charge < -0.3 is 15.4 Å². The van der Waals surface area contributed by atoms with Crippen LogP contribution in [0.2, 0.25) is 0 Å². The lowest BCUT2D eigenvalue weighted by atomic mass is 9.85. The lowest BCUT2D eigenvalue weighted by molar-refractivity contribution is -0.144. The summed E-state index contributed by atoms with van der Waals surface area (Å²) in [6.45, 7) is 4.31. The first kappa shape index (κ1) is 15.7. The van der Waals surface area contributed by atoms with Crippen LogP contribution < -0.4 is 5.73 Å². The molecule has 1 saturated heterocycles. The van der Waals surface area contributed by atoms with E-state index in [0.717, 1.165) is 45.2 Å². The summed E-state index contributed by atoms with van der Waals surface area (Å²) in [5.74, 6) is 0.469. The molecule has 2 aliphatic rings. The molecule has 1 aliphatic carbocycles. The second-order valence-corrected chi connectivity index (χ2v) is 5.31. The molecule has 4 nitrogen and oxygen atoms in total. The van der Waals surface area contributed by atoms with Crippen molar-refractivity contribution >= 4 is 18.3 Å². The van der Waals surface area contributed by atoms with Gasteiger partial charge in [-0.25, -0.2) is 0 Å². The molecule has 3 atom stereocenters. The number of hydrogen-bond acceptors (Lipinski definition) is 3. The van der Waals surface area contributed by atoms with E-state index in [0.29, 0.717) is 12.5 Å². The molecule has 0 aromatic heterocycles. The second kappa shape index (κ2) is 7.31. The van der Waals surface area contributed by atoms with Crippen molar-refractivity contribution in [1.82, 2.24) is 4.90 Å². The molecular formula is C13H25ClN2O2. The van der Waals surface area contributed by atoms with Gasteiger partial charge in [-0.05, 0) is 25.7 Å². The molecule has 2 rings (SSSR count).